The van der Waals surface area contributed by atoms with Crippen LogP contribution in [0.5, 0.6) is 0 Å². The molecule has 151 valence electrons. The van der Waals surface area contributed by atoms with Crippen LogP contribution in [-0.2, 0) is 37.0 Å². The van der Waals surface area contributed by atoms with E-state index in [0.29, 0.717) is 5.92 Å². The number of benzene rings is 2. The molecule has 2 aromatic carbocycles. The molecule has 1 radical (unpaired) electrons. The first kappa shape index (κ1) is 26.4. The fourth-order valence-corrected chi connectivity index (χ4v) is 4.14. The number of rotatable bonds is 1. The zero-order chi connectivity index (χ0) is 18.7. The van der Waals surface area contributed by atoms with E-state index in [4.69, 9.17) is 0 Å². The Balaban J connectivity index is 0.00000140. The molecule has 0 bridgehead atoms. The minimum absolute atomic E-state index is 0. The zero-order valence-corrected chi connectivity index (χ0v) is 22.1. The summed E-state index contributed by atoms with van der Waals surface area (Å²) in [7, 11) is 0. The molecule has 2 aliphatic carbocycles. The van der Waals surface area contributed by atoms with Crippen molar-refractivity contribution in [3.8, 4) is 11.1 Å². The largest absolute Gasteiger partial charge is 3.00 e. The maximum atomic E-state index is 3.58. The molecule has 3 heteroatoms. The summed E-state index contributed by atoms with van der Waals surface area (Å²) in [5, 5.41) is 0. The molecule has 0 aromatic heterocycles. The molecule has 0 saturated carbocycles. The van der Waals surface area contributed by atoms with Crippen LogP contribution in [0.2, 0.25) is 0 Å². The van der Waals surface area contributed by atoms with E-state index in [-0.39, 0.29) is 61.8 Å². The van der Waals surface area contributed by atoms with Crippen molar-refractivity contribution in [2.24, 2.45) is 0 Å². The van der Waals surface area contributed by atoms with Gasteiger partial charge in [-0.15, -0.1) is 6.42 Å². The second-order valence-electron chi connectivity index (χ2n) is 9.78. The van der Waals surface area contributed by atoms with Crippen molar-refractivity contribution in [1.29, 1.82) is 0 Å². The third-order valence-electron chi connectivity index (χ3n) is 5.78. The molecule has 0 unspecified atom stereocenters. The van der Waals surface area contributed by atoms with Gasteiger partial charge in [0.1, 0.15) is 0 Å². The molecule has 4 rings (SSSR count). The van der Waals surface area contributed by atoms with Crippen molar-refractivity contribution >= 4 is 0 Å². The van der Waals surface area contributed by atoms with Crippen molar-refractivity contribution in [2.45, 2.75) is 64.7 Å². The van der Waals surface area contributed by atoms with Crippen LogP contribution in [0.1, 0.15) is 76.1 Å². The van der Waals surface area contributed by atoms with E-state index in [0.717, 1.165) is 6.42 Å². The van der Waals surface area contributed by atoms with Gasteiger partial charge in [0, 0.05) is 5.92 Å². The maximum absolute atomic E-state index is 3.58. The van der Waals surface area contributed by atoms with Gasteiger partial charge in [0.15, 0.2) is 0 Å². The second kappa shape index (κ2) is 9.25. The molecule has 0 amide bonds. The number of fused-ring (bicyclic) bond motifs is 3. The number of allylic oxidation sites excluding steroid dienone is 4. The summed E-state index contributed by atoms with van der Waals surface area (Å²) in [5.74, 6) is 0.335. The van der Waals surface area contributed by atoms with Crippen molar-refractivity contribution in [2.75, 3.05) is 0 Å². The van der Waals surface area contributed by atoms with Crippen molar-refractivity contribution in [1.82, 2.24) is 0 Å². The first-order valence-corrected chi connectivity index (χ1v) is 9.73. The molecule has 0 saturated heterocycles. The standard InChI is InChI=1S/C26H29.2ClH.Zr/c1-25(2,3)18-11-13-20-22(15-18)23-16-19(26(4,5)6)12-14-21(23)24(20)17-9-7-8-10-17;;;/h7,9,11-16,24H,8H2,1-6H3;2*1H;/q-1;;;+3/p-2. The van der Waals surface area contributed by atoms with Crippen molar-refractivity contribution in [3.05, 3.63) is 82.5 Å². The second-order valence-corrected chi connectivity index (χ2v) is 9.78. The average Bonchev–Trinajstić information content (AvgIpc) is 3.17. The quantitative estimate of drug-likeness (QED) is 0.512. The van der Waals surface area contributed by atoms with Gasteiger partial charge in [-0.1, -0.05) is 77.9 Å². The van der Waals surface area contributed by atoms with Gasteiger partial charge in [0.25, 0.3) is 0 Å². The van der Waals surface area contributed by atoms with Gasteiger partial charge in [-0.3, -0.25) is 6.08 Å². The summed E-state index contributed by atoms with van der Waals surface area (Å²) in [6.45, 7) is 13.8. The van der Waals surface area contributed by atoms with E-state index in [1.165, 1.54) is 39.0 Å². The molecule has 2 aromatic rings. The van der Waals surface area contributed by atoms with Crippen molar-refractivity contribution in [3.63, 3.8) is 0 Å². The first-order chi connectivity index (χ1) is 12.2. The summed E-state index contributed by atoms with van der Waals surface area (Å²) in [5.41, 5.74) is 10.2. The number of halogens is 2. The first-order valence-electron chi connectivity index (χ1n) is 9.73. The van der Waals surface area contributed by atoms with Crippen LogP contribution in [0.3, 0.4) is 0 Å². The molecular formula is C26H29Cl2Zr. The molecule has 2 aliphatic rings. The summed E-state index contributed by atoms with van der Waals surface area (Å²) in [6.07, 6.45) is 9.00. The van der Waals surface area contributed by atoms with Crippen LogP contribution >= 0.6 is 0 Å². The van der Waals surface area contributed by atoms with Gasteiger partial charge in [-0.2, -0.15) is 6.08 Å². The van der Waals surface area contributed by atoms with E-state index in [2.05, 4.69) is 96.2 Å². The summed E-state index contributed by atoms with van der Waals surface area (Å²) in [6, 6.07) is 14.2. The Morgan fingerprint density at radius 1 is 0.759 bits per heavy atom. The van der Waals surface area contributed by atoms with Gasteiger partial charge in [-0.25, -0.2) is 11.6 Å². The van der Waals surface area contributed by atoms with Crippen molar-refractivity contribution < 1.29 is 51.0 Å². The predicted molar refractivity (Wildman–Crippen MR) is 112 cm³/mol. The van der Waals surface area contributed by atoms with E-state index >= 15 is 0 Å². The molecule has 0 N–H and O–H groups in total. The Morgan fingerprint density at radius 2 is 1.21 bits per heavy atom. The molecule has 0 nitrogen and oxygen atoms in total. The predicted octanol–water partition coefficient (Wildman–Crippen LogP) is 1.09. The van der Waals surface area contributed by atoms with Gasteiger partial charge in [0.05, 0.1) is 0 Å². The third kappa shape index (κ3) is 4.84. The van der Waals surface area contributed by atoms with Crippen LogP contribution < -0.4 is 24.8 Å². The Hall–Kier alpha value is -0.617. The molecule has 0 spiro atoms. The minimum Gasteiger partial charge on any atom is -1.00 e. The fourth-order valence-electron chi connectivity index (χ4n) is 4.14. The maximum Gasteiger partial charge on any atom is 3.00 e. The summed E-state index contributed by atoms with van der Waals surface area (Å²) in [4.78, 5) is 0. The van der Waals surface area contributed by atoms with Gasteiger partial charge < -0.3 is 24.8 Å². The normalized spacial score (nSPS) is 14.9. The van der Waals surface area contributed by atoms with Gasteiger partial charge in [0.2, 0.25) is 0 Å². The topological polar surface area (TPSA) is 0 Å². The molecular weight excluding hydrogens is 474 g/mol. The van der Waals surface area contributed by atoms with E-state index in [9.17, 15) is 0 Å². The fraction of sp³-hybridized carbons (Fsp3) is 0.385. The zero-order valence-electron chi connectivity index (χ0n) is 18.2. The van der Waals surface area contributed by atoms with Crippen LogP contribution in [0.15, 0.2) is 54.1 Å². The van der Waals surface area contributed by atoms with E-state index < -0.39 is 0 Å². The van der Waals surface area contributed by atoms with Crippen LogP contribution in [0.25, 0.3) is 11.1 Å². The van der Waals surface area contributed by atoms with Gasteiger partial charge >= 0.3 is 26.2 Å². The van der Waals surface area contributed by atoms with Gasteiger partial charge in [-0.05, 0) is 44.2 Å². The molecule has 0 atom stereocenters. The number of hydrogen-bond donors (Lipinski definition) is 0. The SMILES string of the molecule is CC(C)(C)c1ccc2c(c1)-c1cc(C(C)(C)C)ccc1C2C1=[C-]CC=C1.[Cl-].[Cl-].[Zr+3]. The molecule has 29 heavy (non-hydrogen) atoms. The van der Waals surface area contributed by atoms with Crippen LogP contribution in [0, 0.1) is 6.08 Å². The van der Waals surface area contributed by atoms with Crippen LogP contribution in [0.4, 0.5) is 0 Å². The number of hydrogen-bond acceptors (Lipinski definition) is 0. The summed E-state index contributed by atoms with van der Waals surface area (Å²) >= 11 is 0. The minimum atomic E-state index is 0. The Labute approximate surface area is 208 Å². The Morgan fingerprint density at radius 3 is 1.55 bits per heavy atom. The Bertz CT molecular complexity index is 877. The smallest absolute Gasteiger partial charge is 1.00 e. The summed E-state index contributed by atoms with van der Waals surface area (Å²) < 4.78 is 0. The van der Waals surface area contributed by atoms with Crippen LogP contribution in [-0.4, -0.2) is 0 Å². The molecule has 0 aliphatic heterocycles. The van der Waals surface area contributed by atoms with E-state index in [1.807, 2.05) is 0 Å². The monoisotopic (exact) mass is 501 g/mol. The Kier molecular flexibility index (Phi) is 8.43. The molecule has 0 fully saturated rings. The molecule has 0 heterocycles. The van der Waals surface area contributed by atoms with E-state index in [1.54, 1.807) is 0 Å². The third-order valence-corrected chi connectivity index (χ3v) is 5.78. The average molecular weight is 504 g/mol.